The Balaban J connectivity index is 2.63. The fourth-order valence-electron chi connectivity index (χ4n) is 1.23. The van der Waals surface area contributed by atoms with E-state index >= 15 is 0 Å². The Morgan fingerprint density at radius 2 is 2.21 bits per heavy atom. The van der Waals surface area contributed by atoms with Crippen LogP contribution in [0.2, 0.25) is 5.02 Å². The van der Waals surface area contributed by atoms with Crippen LogP contribution in [-0.2, 0) is 0 Å². The van der Waals surface area contributed by atoms with Crippen LogP contribution in [0.1, 0.15) is 0 Å². The highest BCUT2D eigenvalue weighted by Crippen LogP contribution is 2.21. The van der Waals surface area contributed by atoms with Crippen LogP contribution in [0.15, 0.2) is 35.4 Å². The fourth-order valence-corrected chi connectivity index (χ4v) is 1.51. The number of imidazole rings is 1. The highest BCUT2D eigenvalue weighted by Gasteiger charge is 2.04. The number of hydrogen-bond donors (Lipinski definition) is 2. The van der Waals surface area contributed by atoms with Crippen molar-refractivity contribution in [1.82, 2.24) is 9.55 Å². The van der Waals surface area contributed by atoms with Crippen LogP contribution in [0.5, 0.6) is 0 Å². The second-order valence-electron chi connectivity index (χ2n) is 2.85. The quantitative estimate of drug-likeness (QED) is 0.698. The molecule has 5 heteroatoms. The van der Waals surface area contributed by atoms with Crippen molar-refractivity contribution >= 4 is 17.3 Å². The molecule has 14 heavy (non-hydrogen) atoms. The van der Waals surface area contributed by atoms with Crippen LogP contribution in [0.25, 0.3) is 5.69 Å². The van der Waals surface area contributed by atoms with Gasteiger partial charge in [-0.25, -0.2) is 4.79 Å². The summed E-state index contributed by atoms with van der Waals surface area (Å²) in [6.45, 7) is 0. The lowest BCUT2D eigenvalue weighted by Crippen LogP contribution is -2.14. The first-order valence-electron chi connectivity index (χ1n) is 4.00. The van der Waals surface area contributed by atoms with E-state index in [2.05, 4.69) is 4.98 Å². The van der Waals surface area contributed by atoms with Crippen molar-refractivity contribution in [3.63, 3.8) is 0 Å². The van der Waals surface area contributed by atoms with E-state index in [-0.39, 0.29) is 5.69 Å². The monoisotopic (exact) mass is 209 g/mol. The predicted octanol–water partition coefficient (Wildman–Crippen LogP) is 1.40. The standard InChI is InChI=1S/C9H8ClN3O/c10-7-5-6(11)1-2-8(7)13-4-3-12-9(13)14/h1-5H,11H2,(H,12,14). The maximum Gasteiger partial charge on any atom is 0.330 e. The molecule has 0 fully saturated rings. The third-order valence-corrected chi connectivity index (χ3v) is 2.18. The van der Waals surface area contributed by atoms with Crippen LogP contribution in [-0.4, -0.2) is 9.55 Å². The first-order chi connectivity index (χ1) is 6.68. The number of H-pyrrole nitrogens is 1. The van der Waals surface area contributed by atoms with Gasteiger partial charge in [0.15, 0.2) is 0 Å². The van der Waals surface area contributed by atoms with Crippen molar-refractivity contribution in [2.24, 2.45) is 0 Å². The summed E-state index contributed by atoms with van der Waals surface area (Å²) in [5.74, 6) is 0. The lowest BCUT2D eigenvalue weighted by Gasteiger charge is -2.04. The lowest BCUT2D eigenvalue weighted by atomic mass is 10.3. The van der Waals surface area contributed by atoms with Gasteiger partial charge in [0.05, 0.1) is 10.7 Å². The van der Waals surface area contributed by atoms with Gasteiger partial charge in [-0.05, 0) is 18.2 Å². The molecule has 0 bridgehead atoms. The molecule has 0 atom stereocenters. The number of hydrogen-bond acceptors (Lipinski definition) is 2. The van der Waals surface area contributed by atoms with Gasteiger partial charge in [0.1, 0.15) is 0 Å². The van der Waals surface area contributed by atoms with Crippen molar-refractivity contribution in [3.05, 3.63) is 46.1 Å². The SMILES string of the molecule is Nc1ccc(-n2cc[nH]c2=O)c(Cl)c1. The summed E-state index contributed by atoms with van der Waals surface area (Å²) in [6, 6.07) is 5.00. The van der Waals surface area contributed by atoms with Gasteiger partial charge in [-0.15, -0.1) is 0 Å². The normalized spacial score (nSPS) is 10.4. The highest BCUT2D eigenvalue weighted by atomic mass is 35.5. The van der Waals surface area contributed by atoms with E-state index in [1.807, 2.05) is 0 Å². The Bertz CT molecular complexity index is 515. The van der Waals surface area contributed by atoms with Crippen LogP contribution >= 0.6 is 11.6 Å². The zero-order valence-electron chi connectivity index (χ0n) is 7.20. The Kier molecular flexibility index (Phi) is 2.05. The average molecular weight is 210 g/mol. The largest absolute Gasteiger partial charge is 0.399 e. The van der Waals surface area contributed by atoms with E-state index in [1.165, 1.54) is 4.57 Å². The number of nitrogens with two attached hydrogens (primary N) is 1. The van der Waals surface area contributed by atoms with E-state index in [0.29, 0.717) is 16.4 Å². The molecule has 0 aliphatic heterocycles. The number of nitrogen functional groups attached to an aromatic ring is 1. The molecule has 2 rings (SSSR count). The molecule has 1 heterocycles. The molecule has 0 spiro atoms. The molecule has 1 aromatic carbocycles. The summed E-state index contributed by atoms with van der Waals surface area (Å²) in [5, 5.41) is 0.451. The van der Waals surface area contributed by atoms with E-state index in [1.54, 1.807) is 30.6 Å². The summed E-state index contributed by atoms with van der Waals surface area (Å²) >= 11 is 5.94. The number of benzene rings is 1. The number of aromatic nitrogens is 2. The molecule has 2 aromatic rings. The van der Waals surface area contributed by atoms with Crippen LogP contribution in [0.4, 0.5) is 5.69 Å². The molecule has 0 saturated carbocycles. The third-order valence-electron chi connectivity index (χ3n) is 1.88. The lowest BCUT2D eigenvalue weighted by molar-refractivity contribution is 0.988. The van der Waals surface area contributed by atoms with Gasteiger partial charge >= 0.3 is 5.69 Å². The van der Waals surface area contributed by atoms with Crippen molar-refractivity contribution < 1.29 is 0 Å². The second-order valence-corrected chi connectivity index (χ2v) is 3.25. The molecule has 0 aliphatic carbocycles. The van der Waals surface area contributed by atoms with Crippen LogP contribution in [0.3, 0.4) is 0 Å². The first-order valence-corrected chi connectivity index (χ1v) is 4.38. The minimum absolute atomic E-state index is 0.225. The topological polar surface area (TPSA) is 63.8 Å². The van der Waals surface area contributed by atoms with Gasteiger partial charge in [-0.1, -0.05) is 11.6 Å². The smallest absolute Gasteiger partial charge is 0.330 e. The molecule has 1 aromatic heterocycles. The fraction of sp³-hybridized carbons (Fsp3) is 0. The number of nitrogens with zero attached hydrogens (tertiary/aromatic N) is 1. The number of halogens is 1. The highest BCUT2D eigenvalue weighted by molar-refractivity contribution is 6.32. The zero-order valence-corrected chi connectivity index (χ0v) is 7.95. The van der Waals surface area contributed by atoms with Gasteiger partial charge in [0.25, 0.3) is 0 Å². The molecular formula is C9H8ClN3O. The summed E-state index contributed by atoms with van der Waals surface area (Å²) in [7, 11) is 0. The van der Waals surface area contributed by atoms with E-state index in [9.17, 15) is 4.79 Å². The van der Waals surface area contributed by atoms with Crippen molar-refractivity contribution in [2.45, 2.75) is 0 Å². The molecule has 0 unspecified atom stereocenters. The molecule has 72 valence electrons. The molecule has 0 saturated heterocycles. The molecule has 0 aliphatic rings. The second kappa shape index (κ2) is 3.23. The number of anilines is 1. The Morgan fingerprint density at radius 1 is 1.43 bits per heavy atom. The zero-order chi connectivity index (χ0) is 10.1. The van der Waals surface area contributed by atoms with Crippen molar-refractivity contribution in [3.8, 4) is 5.69 Å². The van der Waals surface area contributed by atoms with Crippen molar-refractivity contribution in [2.75, 3.05) is 5.73 Å². The van der Waals surface area contributed by atoms with E-state index < -0.39 is 0 Å². The first kappa shape index (κ1) is 8.90. The predicted molar refractivity (Wildman–Crippen MR) is 55.8 cm³/mol. The average Bonchev–Trinajstić information content (AvgIpc) is 2.52. The van der Waals surface area contributed by atoms with Gasteiger partial charge in [0.2, 0.25) is 0 Å². The molecular weight excluding hydrogens is 202 g/mol. The Morgan fingerprint density at radius 3 is 2.79 bits per heavy atom. The van der Waals surface area contributed by atoms with Crippen LogP contribution < -0.4 is 11.4 Å². The minimum Gasteiger partial charge on any atom is -0.399 e. The summed E-state index contributed by atoms with van der Waals surface area (Å²) in [6.07, 6.45) is 3.16. The molecule has 0 amide bonds. The molecule has 3 N–H and O–H groups in total. The maximum atomic E-state index is 11.3. The Labute approximate surface area is 84.9 Å². The number of nitrogens with one attached hydrogen (secondary N) is 1. The van der Waals surface area contributed by atoms with Gasteiger partial charge < -0.3 is 10.7 Å². The summed E-state index contributed by atoms with van der Waals surface area (Å²) < 4.78 is 1.42. The summed E-state index contributed by atoms with van der Waals surface area (Å²) in [5.41, 5.74) is 6.50. The number of aromatic amines is 1. The number of rotatable bonds is 1. The van der Waals surface area contributed by atoms with Gasteiger partial charge in [-0.2, -0.15) is 0 Å². The Hall–Kier alpha value is -1.68. The van der Waals surface area contributed by atoms with Gasteiger partial charge in [-0.3, -0.25) is 4.57 Å². The molecule has 0 radical (unpaired) electrons. The third kappa shape index (κ3) is 1.40. The van der Waals surface area contributed by atoms with E-state index in [0.717, 1.165) is 0 Å². The van der Waals surface area contributed by atoms with Crippen molar-refractivity contribution in [1.29, 1.82) is 0 Å². The maximum absolute atomic E-state index is 11.3. The summed E-state index contributed by atoms with van der Waals surface area (Å²) in [4.78, 5) is 13.8. The minimum atomic E-state index is -0.225. The molecule has 4 nitrogen and oxygen atoms in total. The van der Waals surface area contributed by atoms with Gasteiger partial charge in [0, 0.05) is 18.1 Å². The van der Waals surface area contributed by atoms with E-state index in [4.69, 9.17) is 17.3 Å². The van der Waals surface area contributed by atoms with Crippen LogP contribution in [0, 0.1) is 0 Å².